The maximum absolute atomic E-state index is 12.2. The van der Waals surface area contributed by atoms with Crippen LogP contribution in [0.2, 0.25) is 5.02 Å². The van der Waals surface area contributed by atoms with Crippen LogP contribution in [0, 0.1) is 13.8 Å². The summed E-state index contributed by atoms with van der Waals surface area (Å²) < 4.78 is 0. The number of hydrogen-bond acceptors (Lipinski definition) is 4. The normalized spacial score (nSPS) is 10.6. The molecular weight excluding hydrogens is 380 g/mol. The summed E-state index contributed by atoms with van der Waals surface area (Å²) in [6.45, 7) is 3.92. The predicted octanol–water partition coefficient (Wildman–Crippen LogP) is 5.68. The van der Waals surface area contributed by atoms with Gasteiger partial charge < -0.3 is 5.32 Å². The maximum atomic E-state index is 12.2. The van der Waals surface area contributed by atoms with Crippen molar-refractivity contribution in [1.82, 2.24) is 4.98 Å². The van der Waals surface area contributed by atoms with Gasteiger partial charge in [-0.3, -0.25) is 9.59 Å². The first-order valence-electron chi connectivity index (χ1n) is 8.55. The first-order chi connectivity index (χ1) is 12.9. The number of aromatic nitrogens is 1. The third-order valence-corrected chi connectivity index (χ3v) is 5.25. The van der Waals surface area contributed by atoms with Crippen molar-refractivity contribution >= 4 is 39.8 Å². The molecule has 0 aliphatic carbocycles. The van der Waals surface area contributed by atoms with Gasteiger partial charge in [0, 0.05) is 33.9 Å². The van der Waals surface area contributed by atoms with E-state index in [-0.39, 0.29) is 24.5 Å². The summed E-state index contributed by atoms with van der Waals surface area (Å²) in [7, 11) is 0. The molecule has 0 atom stereocenters. The van der Waals surface area contributed by atoms with E-state index in [1.165, 1.54) is 11.3 Å². The van der Waals surface area contributed by atoms with Gasteiger partial charge in [-0.1, -0.05) is 53.6 Å². The number of ketones is 1. The van der Waals surface area contributed by atoms with Crippen molar-refractivity contribution in [3.8, 4) is 11.3 Å². The fourth-order valence-corrected chi connectivity index (χ4v) is 3.60. The minimum Gasteiger partial charge on any atom is -0.302 e. The number of carbonyl (C=O) groups excluding carboxylic acids is 2. The summed E-state index contributed by atoms with van der Waals surface area (Å²) in [6, 6.07) is 14.8. The molecular formula is C21H19ClN2O2S. The Morgan fingerprint density at radius 3 is 2.33 bits per heavy atom. The van der Waals surface area contributed by atoms with E-state index in [0.717, 1.165) is 21.7 Å². The molecule has 0 fully saturated rings. The van der Waals surface area contributed by atoms with Crippen LogP contribution in [0.15, 0.2) is 48.5 Å². The molecule has 1 amide bonds. The van der Waals surface area contributed by atoms with Crippen LogP contribution < -0.4 is 5.32 Å². The largest absolute Gasteiger partial charge is 0.302 e. The molecule has 3 rings (SSSR count). The second kappa shape index (κ2) is 8.46. The van der Waals surface area contributed by atoms with Crippen LogP contribution in [0.3, 0.4) is 0 Å². The molecule has 138 valence electrons. The highest BCUT2D eigenvalue weighted by molar-refractivity contribution is 7.16. The number of amides is 1. The lowest BCUT2D eigenvalue weighted by Crippen LogP contribution is -2.13. The minimum absolute atomic E-state index is 0.0395. The van der Waals surface area contributed by atoms with E-state index >= 15 is 0 Å². The summed E-state index contributed by atoms with van der Waals surface area (Å²) in [5.41, 5.74) is 3.49. The van der Waals surface area contributed by atoms with Gasteiger partial charge in [0.2, 0.25) is 5.91 Å². The fourth-order valence-electron chi connectivity index (χ4n) is 2.62. The number of halogens is 1. The first kappa shape index (κ1) is 19.3. The SMILES string of the molecule is Cc1ccc(C(=O)CCC(=O)Nc2nc(-c3ccc(Cl)cc3)c(C)s2)cc1. The molecule has 0 spiro atoms. The van der Waals surface area contributed by atoms with Crippen LogP contribution >= 0.6 is 22.9 Å². The number of Topliss-reactive ketones (excluding diaryl/α,β-unsaturated/α-hetero) is 1. The van der Waals surface area contributed by atoms with Gasteiger partial charge in [0.05, 0.1) is 5.69 Å². The Morgan fingerprint density at radius 1 is 1.00 bits per heavy atom. The number of nitrogens with zero attached hydrogens (tertiary/aromatic N) is 1. The Balaban J connectivity index is 1.59. The molecule has 0 unspecified atom stereocenters. The maximum Gasteiger partial charge on any atom is 0.226 e. The number of thiazole rings is 1. The van der Waals surface area contributed by atoms with Crippen LogP contribution in [0.25, 0.3) is 11.3 Å². The summed E-state index contributed by atoms with van der Waals surface area (Å²) in [4.78, 5) is 29.9. The highest BCUT2D eigenvalue weighted by atomic mass is 35.5. The lowest BCUT2D eigenvalue weighted by molar-refractivity contribution is -0.116. The average molecular weight is 399 g/mol. The number of benzene rings is 2. The van der Waals surface area contributed by atoms with E-state index in [4.69, 9.17) is 11.6 Å². The van der Waals surface area contributed by atoms with Gasteiger partial charge >= 0.3 is 0 Å². The van der Waals surface area contributed by atoms with E-state index < -0.39 is 0 Å². The predicted molar refractivity (Wildman–Crippen MR) is 111 cm³/mol. The van der Waals surface area contributed by atoms with Crippen LogP contribution in [0.5, 0.6) is 0 Å². The average Bonchev–Trinajstić information content (AvgIpc) is 3.01. The van der Waals surface area contributed by atoms with Crippen molar-refractivity contribution in [2.75, 3.05) is 5.32 Å². The molecule has 4 nitrogen and oxygen atoms in total. The molecule has 1 N–H and O–H groups in total. The first-order valence-corrected chi connectivity index (χ1v) is 9.75. The molecule has 6 heteroatoms. The Morgan fingerprint density at radius 2 is 1.67 bits per heavy atom. The Hall–Kier alpha value is -2.50. The van der Waals surface area contributed by atoms with Crippen molar-refractivity contribution < 1.29 is 9.59 Å². The van der Waals surface area contributed by atoms with Crippen LogP contribution in [0.1, 0.15) is 33.6 Å². The van der Waals surface area contributed by atoms with E-state index in [9.17, 15) is 9.59 Å². The van der Waals surface area contributed by atoms with Crippen LogP contribution in [-0.2, 0) is 4.79 Å². The molecule has 1 aromatic heterocycles. The van der Waals surface area contributed by atoms with E-state index in [0.29, 0.717) is 15.7 Å². The van der Waals surface area contributed by atoms with Gasteiger partial charge in [0.25, 0.3) is 0 Å². The van der Waals surface area contributed by atoms with E-state index in [1.54, 1.807) is 12.1 Å². The van der Waals surface area contributed by atoms with Gasteiger partial charge in [-0.15, -0.1) is 11.3 Å². The Labute approximate surface area is 167 Å². The van der Waals surface area contributed by atoms with Gasteiger partial charge in [0.1, 0.15) is 0 Å². The van der Waals surface area contributed by atoms with Crippen molar-refractivity contribution in [1.29, 1.82) is 0 Å². The second-order valence-corrected chi connectivity index (χ2v) is 7.91. The zero-order chi connectivity index (χ0) is 19.4. The van der Waals surface area contributed by atoms with Gasteiger partial charge in [-0.2, -0.15) is 0 Å². The lowest BCUT2D eigenvalue weighted by atomic mass is 10.1. The summed E-state index contributed by atoms with van der Waals surface area (Å²) in [6.07, 6.45) is 0.297. The molecule has 0 aliphatic heterocycles. The standard InChI is InChI=1S/C21H19ClN2O2S/c1-13-3-5-15(6-4-13)18(25)11-12-19(26)23-21-24-20(14(2)27-21)16-7-9-17(22)10-8-16/h3-10H,11-12H2,1-2H3,(H,23,24,26). The third kappa shape index (κ3) is 5.02. The smallest absolute Gasteiger partial charge is 0.226 e. The molecule has 0 saturated heterocycles. The van der Waals surface area contributed by atoms with Crippen molar-refractivity contribution in [2.24, 2.45) is 0 Å². The second-order valence-electron chi connectivity index (χ2n) is 6.27. The number of aryl methyl sites for hydroxylation is 2. The van der Waals surface area contributed by atoms with E-state index in [2.05, 4.69) is 10.3 Å². The highest BCUT2D eigenvalue weighted by Crippen LogP contribution is 2.31. The van der Waals surface area contributed by atoms with Crippen molar-refractivity contribution in [3.63, 3.8) is 0 Å². The summed E-state index contributed by atoms with van der Waals surface area (Å²) in [5.74, 6) is -0.255. The Bertz CT molecular complexity index is 963. The van der Waals surface area contributed by atoms with E-state index in [1.807, 2.05) is 50.2 Å². The third-order valence-electron chi connectivity index (χ3n) is 4.11. The Kier molecular flexibility index (Phi) is 6.04. The van der Waals surface area contributed by atoms with Crippen LogP contribution in [-0.4, -0.2) is 16.7 Å². The highest BCUT2D eigenvalue weighted by Gasteiger charge is 2.14. The quantitative estimate of drug-likeness (QED) is 0.543. The number of anilines is 1. The monoisotopic (exact) mass is 398 g/mol. The summed E-state index contributed by atoms with van der Waals surface area (Å²) >= 11 is 7.34. The molecule has 0 saturated carbocycles. The molecule has 3 aromatic rings. The molecule has 0 aliphatic rings. The van der Waals surface area contributed by atoms with Gasteiger partial charge in [-0.25, -0.2) is 4.98 Å². The number of hydrogen-bond donors (Lipinski definition) is 1. The molecule has 0 bridgehead atoms. The number of rotatable bonds is 6. The van der Waals surface area contributed by atoms with Crippen molar-refractivity contribution in [2.45, 2.75) is 26.7 Å². The van der Waals surface area contributed by atoms with Crippen molar-refractivity contribution in [3.05, 3.63) is 69.6 Å². The zero-order valence-corrected chi connectivity index (χ0v) is 16.7. The zero-order valence-electron chi connectivity index (χ0n) is 15.1. The van der Waals surface area contributed by atoms with Crippen LogP contribution in [0.4, 0.5) is 5.13 Å². The molecule has 2 aromatic carbocycles. The number of nitrogens with one attached hydrogen (secondary N) is 1. The molecule has 1 heterocycles. The fraction of sp³-hybridized carbons (Fsp3) is 0.190. The molecule has 27 heavy (non-hydrogen) atoms. The summed E-state index contributed by atoms with van der Waals surface area (Å²) in [5, 5.41) is 3.99. The minimum atomic E-state index is -0.216. The van der Waals surface area contributed by atoms with Gasteiger partial charge in [-0.05, 0) is 26.0 Å². The topological polar surface area (TPSA) is 59.1 Å². The molecule has 0 radical (unpaired) electrons. The number of carbonyl (C=O) groups is 2. The lowest BCUT2D eigenvalue weighted by Gasteiger charge is -2.03. The van der Waals surface area contributed by atoms with Gasteiger partial charge in [0.15, 0.2) is 10.9 Å².